The van der Waals surface area contributed by atoms with Crippen molar-refractivity contribution in [1.82, 2.24) is 4.90 Å². The van der Waals surface area contributed by atoms with E-state index in [9.17, 15) is 14.0 Å². The van der Waals surface area contributed by atoms with Gasteiger partial charge in [0.05, 0.1) is 11.3 Å². The van der Waals surface area contributed by atoms with Crippen LogP contribution in [0.15, 0.2) is 18.2 Å². The largest absolute Gasteiger partial charge is 0.478 e. The summed E-state index contributed by atoms with van der Waals surface area (Å²) in [6.45, 7) is 3.31. The number of nitrogens with one attached hydrogen (secondary N) is 1. The lowest BCUT2D eigenvalue weighted by Crippen LogP contribution is -2.42. The summed E-state index contributed by atoms with van der Waals surface area (Å²) in [6.07, 6.45) is 2.99. The second kappa shape index (κ2) is 6.56. The van der Waals surface area contributed by atoms with Gasteiger partial charge in [0, 0.05) is 13.1 Å². The zero-order chi connectivity index (χ0) is 15.4. The molecule has 0 aliphatic carbocycles. The molecule has 0 radical (unpaired) electrons. The van der Waals surface area contributed by atoms with Crippen LogP contribution in [0, 0.1) is 11.7 Å². The lowest BCUT2D eigenvalue weighted by molar-refractivity contribution is 0.0697. The Kier molecular flexibility index (Phi) is 4.77. The lowest BCUT2D eigenvalue weighted by Gasteiger charge is -2.32. The van der Waals surface area contributed by atoms with Crippen LogP contribution in [0.3, 0.4) is 0 Å². The molecule has 0 bridgehead atoms. The maximum absolute atomic E-state index is 13.8. The molecule has 1 unspecified atom stereocenters. The summed E-state index contributed by atoms with van der Waals surface area (Å²) < 4.78 is 13.8. The summed E-state index contributed by atoms with van der Waals surface area (Å²) in [5.41, 5.74) is -0.513. The molecule has 6 heteroatoms. The molecule has 1 saturated heterocycles. The zero-order valence-corrected chi connectivity index (χ0v) is 11.9. The Morgan fingerprint density at radius 2 is 2.24 bits per heavy atom. The van der Waals surface area contributed by atoms with Gasteiger partial charge in [-0.25, -0.2) is 14.0 Å². The molecule has 1 aromatic carbocycles. The summed E-state index contributed by atoms with van der Waals surface area (Å²) in [5, 5.41) is 11.5. The molecule has 114 valence electrons. The summed E-state index contributed by atoms with van der Waals surface area (Å²) in [5.74, 6) is -1.56. The molecule has 0 spiro atoms. The van der Waals surface area contributed by atoms with E-state index in [4.69, 9.17) is 5.11 Å². The predicted octanol–water partition coefficient (Wildman–Crippen LogP) is 3.18. The summed E-state index contributed by atoms with van der Waals surface area (Å²) in [4.78, 5) is 24.9. The number of nitrogens with zero attached hydrogens (tertiary/aromatic N) is 1. The van der Waals surface area contributed by atoms with E-state index in [-0.39, 0.29) is 11.3 Å². The van der Waals surface area contributed by atoms with E-state index >= 15 is 0 Å². The van der Waals surface area contributed by atoms with Crippen molar-refractivity contribution in [2.75, 3.05) is 18.4 Å². The third kappa shape index (κ3) is 3.51. The summed E-state index contributed by atoms with van der Waals surface area (Å²) in [6, 6.07) is 3.27. The Bertz CT molecular complexity index is 548. The highest BCUT2D eigenvalue weighted by Crippen LogP contribution is 2.23. The number of carbonyl (C=O) groups excluding carboxylic acids is 1. The number of rotatable bonds is 3. The van der Waals surface area contributed by atoms with Crippen molar-refractivity contribution in [3.05, 3.63) is 29.6 Å². The maximum Gasteiger partial charge on any atom is 0.337 e. The fourth-order valence-electron chi connectivity index (χ4n) is 2.60. The lowest BCUT2D eigenvalue weighted by atomic mass is 9.96. The highest BCUT2D eigenvalue weighted by molar-refractivity contribution is 6.00. The maximum atomic E-state index is 13.8. The molecule has 1 atom stereocenters. The van der Waals surface area contributed by atoms with E-state index in [1.807, 2.05) is 0 Å². The Morgan fingerprint density at radius 3 is 2.90 bits per heavy atom. The first-order valence-corrected chi connectivity index (χ1v) is 7.10. The van der Waals surface area contributed by atoms with Crippen LogP contribution in [0.5, 0.6) is 0 Å². The van der Waals surface area contributed by atoms with Crippen molar-refractivity contribution in [3.8, 4) is 0 Å². The van der Waals surface area contributed by atoms with Gasteiger partial charge in [0.1, 0.15) is 5.82 Å². The van der Waals surface area contributed by atoms with Crippen LogP contribution < -0.4 is 5.32 Å². The van der Waals surface area contributed by atoms with E-state index in [0.29, 0.717) is 19.0 Å². The van der Waals surface area contributed by atoms with Crippen LogP contribution in [-0.2, 0) is 0 Å². The number of carbonyl (C=O) groups is 2. The van der Waals surface area contributed by atoms with Gasteiger partial charge in [-0.1, -0.05) is 19.4 Å². The Labute approximate surface area is 122 Å². The van der Waals surface area contributed by atoms with E-state index in [1.165, 1.54) is 12.1 Å². The number of benzene rings is 1. The standard InChI is InChI=1S/C15H19FN2O3/c1-2-10-5-4-8-18(9-10)15(21)17-13-11(14(19)20)6-3-7-12(13)16/h3,6-7,10H,2,4-5,8-9H2,1H3,(H,17,21)(H,19,20). The number of urea groups is 1. The number of hydrogen-bond donors (Lipinski definition) is 2. The normalized spacial score (nSPS) is 18.4. The van der Waals surface area contributed by atoms with Gasteiger partial charge in [-0.15, -0.1) is 0 Å². The number of halogens is 1. The minimum absolute atomic E-state index is 0.243. The van der Waals surface area contributed by atoms with Gasteiger partial charge >= 0.3 is 12.0 Å². The van der Waals surface area contributed by atoms with Crippen molar-refractivity contribution >= 4 is 17.7 Å². The number of carboxylic acid groups (broad SMARTS) is 1. The number of piperidine rings is 1. The average molecular weight is 294 g/mol. The van der Waals surface area contributed by atoms with Gasteiger partial charge in [-0.2, -0.15) is 0 Å². The van der Waals surface area contributed by atoms with Crippen molar-refractivity contribution in [2.45, 2.75) is 26.2 Å². The average Bonchev–Trinajstić information content (AvgIpc) is 2.49. The Hall–Kier alpha value is -2.11. The molecule has 2 amide bonds. The van der Waals surface area contributed by atoms with E-state index in [1.54, 1.807) is 4.90 Å². The fraction of sp³-hybridized carbons (Fsp3) is 0.467. The van der Waals surface area contributed by atoms with Crippen LogP contribution in [-0.4, -0.2) is 35.1 Å². The second-order valence-corrected chi connectivity index (χ2v) is 5.26. The van der Waals surface area contributed by atoms with Gasteiger partial charge in [0.2, 0.25) is 0 Å². The number of aromatic carboxylic acids is 1. The summed E-state index contributed by atoms with van der Waals surface area (Å²) in [7, 11) is 0. The van der Waals surface area contributed by atoms with Crippen LogP contribution in [0.4, 0.5) is 14.9 Å². The Morgan fingerprint density at radius 1 is 1.48 bits per heavy atom. The molecule has 1 heterocycles. The van der Waals surface area contributed by atoms with Crippen LogP contribution in [0.2, 0.25) is 0 Å². The number of para-hydroxylation sites is 1. The van der Waals surface area contributed by atoms with Gasteiger partial charge in [0.15, 0.2) is 0 Å². The molecular formula is C15H19FN2O3. The number of likely N-dealkylation sites (tertiary alicyclic amines) is 1. The third-order valence-electron chi connectivity index (χ3n) is 3.86. The molecule has 1 aliphatic rings. The van der Waals surface area contributed by atoms with Crippen LogP contribution >= 0.6 is 0 Å². The quantitative estimate of drug-likeness (QED) is 0.899. The fourth-order valence-corrected chi connectivity index (χ4v) is 2.60. The number of amides is 2. The molecule has 2 rings (SSSR count). The number of hydrogen-bond acceptors (Lipinski definition) is 2. The molecule has 2 N–H and O–H groups in total. The molecular weight excluding hydrogens is 275 g/mol. The minimum atomic E-state index is -1.27. The number of anilines is 1. The highest BCUT2D eigenvalue weighted by Gasteiger charge is 2.24. The van der Waals surface area contributed by atoms with E-state index in [0.717, 1.165) is 25.3 Å². The van der Waals surface area contributed by atoms with Crippen molar-refractivity contribution in [1.29, 1.82) is 0 Å². The highest BCUT2D eigenvalue weighted by atomic mass is 19.1. The van der Waals surface area contributed by atoms with Crippen LogP contribution in [0.1, 0.15) is 36.5 Å². The van der Waals surface area contributed by atoms with Crippen molar-refractivity contribution in [2.24, 2.45) is 5.92 Å². The minimum Gasteiger partial charge on any atom is -0.478 e. The third-order valence-corrected chi connectivity index (χ3v) is 3.86. The predicted molar refractivity (Wildman–Crippen MR) is 77.0 cm³/mol. The molecule has 1 fully saturated rings. The molecule has 21 heavy (non-hydrogen) atoms. The summed E-state index contributed by atoms with van der Waals surface area (Å²) >= 11 is 0. The Balaban J connectivity index is 2.14. The van der Waals surface area contributed by atoms with Crippen molar-refractivity contribution in [3.63, 3.8) is 0 Å². The van der Waals surface area contributed by atoms with Gasteiger partial charge < -0.3 is 15.3 Å². The first kappa shape index (κ1) is 15.3. The van der Waals surface area contributed by atoms with Crippen molar-refractivity contribution < 1.29 is 19.1 Å². The topological polar surface area (TPSA) is 69.6 Å². The molecule has 1 aromatic rings. The molecule has 0 aromatic heterocycles. The van der Waals surface area contributed by atoms with Gasteiger partial charge in [-0.3, -0.25) is 0 Å². The van der Waals surface area contributed by atoms with Gasteiger partial charge in [0.25, 0.3) is 0 Å². The smallest absolute Gasteiger partial charge is 0.337 e. The van der Waals surface area contributed by atoms with E-state index in [2.05, 4.69) is 12.2 Å². The molecule has 5 nitrogen and oxygen atoms in total. The molecule has 0 saturated carbocycles. The SMILES string of the molecule is CCC1CCCN(C(=O)Nc2c(F)cccc2C(=O)O)C1. The first-order valence-electron chi connectivity index (χ1n) is 7.10. The first-order chi connectivity index (χ1) is 10.0. The van der Waals surface area contributed by atoms with E-state index < -0.39 is 17.8 Å². The zero-order valence-electron chi connectivity index (χ0n) is 11.9. The van der Waals surface area contributed by atoms with Crippen LogP contribution in [0.25, 0.3) is 0 Å². The second-order valence-electron chi connectivity index (χ2n) is 5.26. The van der Waals surface area contributed by atoms with Gasteiger partial charge in [-0.05, 0) is 30.9 Å². The monoisotopic (exact) mass is 294 g/mol. The number of carboxylic acids is 1. The molecule has 1 aliphatic heterocycles.